The predicted octanol–water partition coefficient (Wildman–Crippen LogP) is 3.50. The molecular weight excluding hydrogens is 336 g/mol. The Morgan fingerprint density at radius 1 is 1.15 bits per heavy atom. The summed E-state index contributed by atoms with van der Waals surface area (Å²) in [5, 5.41) is 3.21. The molecule has 0 bridgehead atoms. The van der Waals surface area contributed by atoms with Gasteiger partial charge in [0.1, 0.15) is 12.4 Å². The van der Waals surface area contributed by atoms with Crippen LogP contribution in [0, 0.1) is 12.8 Å². The second-order valence-corrected chi connectivity index (χ2v) is 7.73. The number of para-hydroxylation sites is 1. The fourth-order valence-corrected chi connectivity index (χ4v) is 4.14. The molecule has 2 atom stereocenters. The van der Waals surface area contributed by atoms with Gasteiger partial charge in [-0.1, -0.05) is 48.0 Å². The maximum Gasteiger partial charge on any atom is 0.226 e. The Kier molecular flexibility index (Phi) is 5.44. The third-order valence-electron chi connectivity index (χ3n) is 5.76. The molecule has 0 radical (unpaired) electrons. The molecule has 1 saturated heterocycles. The lowest BCUT2D eigenvalue weighted by Crippen LogP contribution is -2.42. The van der Waals surface area contributed by atoms with Crippen molar-refractivity contribution in [2.24, 2.45) is 5.92 Å². The Morgan fingerprint density at radius 3 is 2.67 bits per heavy atom. The summed E-state index contributed by atoms with van der Waals surface area (Å²) < 4.78 is 5.79. The predicted molar refractivity (Wildman–Crippen MR) is 107 cm³/mol. The number of carbonyl (C=O) groups excluding carboxylic acids is 1. The Labute approximate surface area is 161 Å². The van der Waals surface area contributed by atoms with E-state index in [-0.39, 0.29) is 17.9 Å². The second-order valence-electron chi connectivity index (χ2n) is 7.73. The molecular formula is C23H28N2O2. The van der Waals surface area contributed by atoms with Crippen LogP contribution in [0.4, 0.5) is 0 Å². The molecule has 4 nitrogen and oxygen atoms in total. The van der Waals surface area contributed by atoms with Crippen LogP contribution >= 0.6 is 0 Å². The summed E-state index contributed by atoms with van der Waals surface area (Å²) in [6.45, 7) is 5.43. The van der Waals surface area contributed by atoms with Crippen LogP contribution in [0.25, 0.3) is 0 Å². The topological polar surface area (TPSA) is 41.6 Å². The Hall–Kier alpha value is -2.33. The normalized spacial score (nSPS) is 20.6. The van der Waals surface area contributed by atoms with Crippen LogP contribution in [-0.2, 0) is 11.2 Å². The van der Waals surface area contributed by atoms with Gasteiger partial charge in [0.15, 0.2) is 0 Å². The standard InChI is InChI=1S/C23H28N2O2/c1-17-8-10-18(11-9-17)21(25-12-4-5-13-25)15-24-23(26)20-14-19-6-2-3-7-22(19)27-16-20/h2-3,6-11,20-21H,4-5,12-16H2,1H3,(H,24,26). The van der Waals surface area contributed by atoms with Gasteiger partial charge in [0, 0.05) is 6.54 Å². The number of ether oxygens (including phenoxy) is 1. The molecule has 0 spiro atoms. The third-order valence-corrected chi connectivity index (χ3v) is 5.76. The highest BCUT2D eigenvalue weighted by atomic mass is 16.5. The minimum Gasteiger partial charge on any atom is -0.492 e. The SMILES string of the molecule is Cc1ccc(C(CNC(=O)C2COc3ccccc3C2)N2CCCC2)cc1. The maximum absolute atomic E-state index is 12.8. The Morgan fingerprint density at radius 2 is 1.89 bits per heavy atom. The van der Waals surface area contributed by atoms with Crippen molar-refractivity contribution < 1.29 is 9.53 Å². The number of rotatable bonds is 5. The Balaban J connectivity index is 1.41. The summed E-state index contributed by atoms with van der Waals surface area (Å²) in [6.07, 6.45) is 3.23. The van der Waals surface area contributed by atoms with Crippen LogP contribution in [0.3, 0.4) is 0 Å². The highest BCUT2D eigenvalue weighted by Gasteiger charge is 2.28. The van der Waals surface area contributed by atoms with Gasteiger partial charge in [0.25, 0.3) is 0 Å². The number of likely N-dealkylation sites (tertiary alicyclic amines) is 1. The maximum atomic E-state index is 12.8. The first-order chi connectivity index (χ1) is 13.2. The monoisotopic (exact) mass is 364 g/mol. The first-order valence-electron chi connectivity index (χ1n) is 10.00. The molecule has 2 aromatic rings. The van der Waals surface area contributed by atoms with Crippen LogP contribution in [0.5, 0.6) is 5.75 Å². The molecule has 0 saturated carbocycles. The number of fused-ring (bicyclic) bond motifs is 1. The highest BCUT2D eigenvalue weighted by molar-refractivity contribution is 5.79. The summed E-state index contributed by atoms with van der Waals surface area (Å²) in [5.41, 5.74) is 3.67. The number of hydrogen-bond acceptors (Lipinski definition) is 3. The number of carbonyl (C=O) groups is 1. The van der Waals surface area contributed by atoms with Gasteiger partial charge in [0.2, 0.25) is 5.91 Å². The molecule has 0 aromatic heterocycles. The first-order valence-corrected chi connectivity index (χ1v) is 10.00. The lowest BCUT2D eigenvalue weighted by atomic mass is 9.95. The van der Waals surface area contributed by atoms with Gasteiger partial charge < -0.3 is 10.1 Å². The third kappa shape index (κ3) is 4.16. The van der Waals surface area contributed by atoms with E-state index in [1.54, 1.807) is 0 Å². The van der Waals surface area contributed by atoms with Gasteiger partial charge in [-0.2, -0.15) is 0 Å². The van der Waals surface area contributed by atoms with Gasteiger partial charge >= 0.3 is 0 Å². The van der Waals surface area contributed by atoms with Crippen molar-refractivity contribution in [2.75, 3.05) is 26.2 Å². The number of aryl methyl sites for hydroxylation is 1. The molecule has 2 unspecified atom stereocenters. The van der Waals surface area contributed by atoms with Crippen LogP contribution in [0.1, 0.15) is 35.6 Å². The first kappa shape index (κ1) is 18.1. The molecule has 1 amide bonds. The molecule has 1 N–H and O–H groups in total. The average molecular weight is 364 g/mol. The van der Waals surface area contributed by atoms with Crippen LogP contribution in [0.15, 0.2) is 48.5 Å². The molecule has 27 heavy (non-hydrogen) atoms. The summed E-state index contributed by atoms with van der Waals surface area (Å²) in [7, 11) is 0. The fraction of sp³-hybridized carbons (Fsp3) is 0.435. The van der Waals surface area contributed by atoms with Crippen molar-refractivity contribution in [1.29, 1.82) is 0 Å². The van der Waals surface area contributed by atoms with Gasteiger partial charge in [-0.05, 0) is 56.5 Å². The minimum absolute atomic E-state index is 0.0980. The molecule has 2 aliphatic rings. The van der Waals surface area contributed by atoms with Crippen LogP contribution < -0.4 is 10.1 Å². The zero-order valence-corrected chi connectivity index (χ0v) is 16.0. The average Bonchev–Trinajstić information content (AvgIpc) is 3.23. The van der Waals surface area contributed by atoms with E-state index in [4.69, 9.17) is 4.74 Å². The van der Waals surface area contributed by atoms with E-state index in [2.05, 4.69) is 41.4 Å². The molecule has 2 heterocycles. The molecule has 4 rings (SSSR count). The van der Waals surface area contributed by atoms with Crippen molar-refractivity contribution >= 4 is 5.91 Å². The Bertz CT molecular complexity index is 781. The van der Waals surface area contributed by atoms with Crippen molar-refractivity contribution in [3.8, 4) is 5.75 Å². The van der Waals surface area contributed by atoms with E-state index in [0.717, 1.165) is 30.8 Å². The molecule has 4 heteroatoms. The van der Waals surface area contributed by atoms with E-state index in [1.165, 1.54) is 24.0 Å². The molecule has 2 aliphatic heterocycles. The van der Waals surface area contributed by atoms with E-state index in [0.29, 0.717) is 13.2 Å². The van der Waals surface area contributed by atoms with Gasteiger partial charge in [-0.25, -0.2) is 0 Å². The van der Waals surface area contributed by atoms with Gasteiger partial charge in [0.05, 0.1) is 12.0 Å². The van der Waals surface area contributed by atoms with E-state index >= 15 is 0 Å². The van der Waals surface area contributed by atoms with Crippen molar-refractivity contribution in [3.05, 3.63) is 65.2 Å². The van der Waals surface area contributed by atoms with Crippen LogP contribution in [-0.4, -0.2) is 37.0 Å². The zero-order chi connectivity index (χ0) is 18.6. The number of amides is 1. The van der Waals surface area contributed by atoms with E-state index in [9.17, 15) is 4.79 Å². The number of nitrogens with zero attached hydrogens (tertiary/aromatic N) is 1. The van der Waals surface area contributed by atoms with Crippen molar-refractivity contribution in [3.63, 3.8) is 0 Å². The van der Waals surface area contributed by atoms with Crippen molar-refractivity contribution in [2.45, 2.75) is 32.2 Å². The summed E-state index contributed by atoms with van der Waals surface area (Å²) in [6, 6.07) is 17.0. The summed E-state index contributed by atoms with van der Waals surface area (Å²) in [4.78, 5) is 15.3. The number of benzene rings is 2. The number of hydrogen-bond donors (Lipinski definition) is 1. The van der Waals surface area contributed by atoms with E-state index in [1.807, 2.05) is 24.3 Å². The lowest BCUT2D eigenvalue weighted by Gasteiger charge is -2.30. The molecule has 1 fully saturated rings. The summed E-state index contributed by atoms with van der Waals surface area (Å²) >= 11 is 0. The second kappa shape index (κ2) is 8.13. The van der Waals surface area contributed by atoms with Gasteiger partial charge in [-0.15, -0.1) is 0 Å². The lowest BCUT2D eigenvalue weighted by molar-refractivity contribution is -0.126. The zero-order valence-electron chi connectivity index (χ0n) is 16.0. The molecule has 0 aliphatic carbocycles. The highest BCUT2D eigenvalue weighted by Crippen LogP contribution is 2.28. The minimum atomic E-state index is -0.114. The molecule has 2 aromatic carbocycles. The van der Waals surface area contributed by atoms with Crippen LogP contribution in [0.2, 0.25) is 0 Å². The van der Waals surface area contributed by atoms with Gasteiger partial charge in [-0.3, -0.25) is 9.69 Å². The molecule has 142 valence electrons. The smallest absolute Gasteiger partial charge is 0.226 e. The fourth-order valence-electron chi connectivity index (χ4n) is 4.14. The quantitative estimate of drug-likeness (QED) is 0.883. The summed E-state index contributed by atoms with van der Waals surface area (Å²) in [5.74, 6) is 0.897. The largest absolute Gasteiger partial charge is 0.492 e. The number of nitrogens with one attached hydrogen (secondary N) is 1. The van der Waals surface area contributed by atoms with E-state index < -0.39 is 0 Å². The van der Waals surface area contributed by atoms with Crippen molar-refractivity contribution in [1.82, 2.24) is 10.2 Å².